The van der Waals surface area contributed by atoms with Gasteiger partial charge in [0.05, 0.1) is 6.54 Å². The predicted octanol–water partition coefficient (Wildman–Crippen LogP) is 1.82. The largest absolute Gasteiger partial charge is 0.225 e. The van der Waals surface area contributed by atoms with Crippen molar-refractivity contribution in [2.75, 3.05) is 0 Å². The maximum absolute atomic E-state index is 13.4. The standard InChI is InChI=1S/C9H8ClFN4/c1-6-12-13-14-15(6)5-7-4-8(10)2-3-9(7)11/h2-4H,5H2,1H3. The summed E-state index contributed by atoms with van der Waals surface area (Å²) in [5, 5.41) is 11.4. The summed E-state index contributed by atoms with van der Waals surface area (Å²) in [4.78, 5) is 0. The average molecular weight is 227 g/mol. The molecule has 0 unspecified atom stereocenters. The molecule has 0 amide bonds. The molecule has 1 heterocycles. The first-order chi connectivity index (χ1) is 7.16. The summed E-state index contributed by atoms with van der Waals surface area (Å²) >= 11 is 5.77. The molecule has 6 heteroatoms. The van der Waals surface area contributed by atoms with Crippen molar-refractivity contribution in [3.8, 4) is 0 Å². The minimum Gasteiger partial charge on any atom is -0.225 e. The molecule has 0 saturated heterocycles. The Kier molecular flexibility index (Phi) is 2.64. The van der Waals surface area contributed by atoms with Gasteiger partial charge >= 0.3 is 0 Å². The van der Waals surface area contributed by atoms with Crippen molar-refractivity contribution in [3.05, 3.63) is 40.4 Å². The van der Waals surface area contributed by atoms with Crippen LogP contribution in [-0.4, -0.2) is 20.2 Å². The third-order valence-electron chi connectivity index (χ3n) is 2.04. The zero-order valence-electron chi connectivity index (χ0n) is 7.98. The number of benzene rings is 1. The summed E-state index contributed by atoms with van der Waals surface area (Å²) in [5.74, 6) is 0.323. The van der Waals surface area contributed by atoms with E-state index in [1.165, 1.54) is 16.8 Å². The second-order valence-electron chi connectivity index (χ2n) is 3.12. The molecule has 0 bridgehead atoms. The summed E-state index contributed by atoms with van der Waals surface area (Å²) in [7, 11) is 0. The zero-order chi connectivity index (χ0) is 10.8. The Bertz CT molecular complexity index is 483. The van der Waals surface area contributed by atoms with E-state index < -0.39 is 0 Å². The van der Waals surface area contributed by atoms with Crippen LogP contribution >= 0.6 is 11.6 Å². The van der Waals surface area contributed by atoms with Gasteiger partial charge in [-0.3, -0.25) is 0 Å². The van der Waals surface area contributed by atoms with Gasteiger partial charge < -0.3 is 0 Å². The van der Waals surface area contributed by atoms with Crippen LogP contribution in [0.5, 0.6) is 0 Å². The number of hydrogen-bond acceptors (Lipinski definition) is 3. The van der Waals surface area contributed by atoms with Gasteiger partial charge in [0.1, 0.15) is 11.6 Å². The Morgan fingerprint density at radius 2 is 2.27 bits per heavy atom. The van der Waals surface area contributed by atoms with Gasteiger partial charge in [-0.25, -0.2) is 9.07 Å². The van der Waals surface area contributed by atoms with Crippen LogP contribution in [0.1, 0.15) is 11.4 Å². The van der Waals surface area contributed by atoms with Gasteiger partial charge in [0, 0.05) is 10.6 Å². The fraction of sp³-hybridized carbons (Fsp3) is 0.222. The molecule has 15 heavy (non-hydrogen) atoms. The summed E-state index contributed by atoms with van der Waals surface area (Å²) < 4.78 is 14.9. The first-order valence-corrected chi connectivity index (χ1v) is 4.71. The summed E-state index contributed by atoms with van der Waals surface area (Å²) in [5.41, 5.74) is 0.470. The Balaban J connectivity index is 2.32. The van der Waals surface area contributed by atoms with Crippen LogP contribution < -0.4 is 0 Å². The summed E-state index contributed by atoms with van der Waals surface area (Å²) in [6, 6.07) is 4.40. The van der Waals surface area contributed by atoms with Crippen molar-refractivity contribution < 1.29 is 4.39 Å². The van der Waals surface area contributed by atoms with Crippen LogP contribution in [0.4, 0.5) is 4.39 Å². The van der Waals surface area contributed by atoms with E-state index in [1.54, 1.807) is 13.0 Å². The van der Waals surface area contributed by atoms with E-state index in [0.717, 1.165) is 0 Å². The van der Waals surface area contributed by atoms with Gasteiger partial charge in [-0.15, -0.1) is 5.10 Å². The molecule has 0 saturated carbocycles. The highest BCUT2D eigenvalue weighted by molar-refractivity contribution is 6.30. The number of aryl methyl sites for hydroxylation is 1. The second-order valence-corrected chi connectivity index (χ2v) is 3.56. The van der Waals surface area contributed by atoms with Crippen LogP contribution in [0.3, 0.4) is 0 Å². The maximum Gasteiger partial charge on any atom is 0.148 e. The van der Waals surface area contributed by atoms with Crippen molar-refractivity contribution >= 4 is 11.6 Å². The molecule has 2 rings (SSSR count). The monoisotopic (exact) mass is 226 g/mol. The van der Waals surface area contributed by atoms with Crippen LogP contribution in [0.2, 0.25) is 5.02 Å². The molecule has 0 fully saturated rings. The molecule has 0 spiro atoms. The molecule has 0 aliphatic heterocycles. The van der Waals surface area contributed by atoms with E-state index in [2.05, 4.69) is 15.5 Å². The van der Waals surface area contributed by atoms with Crippen LogP contribution in [0.25, 0.3) is 0 Å². The Morgan fingerprint density at radius 3 is 2.93 bits per heavy atom. The van der Waals surface area contributed by atoms with E-state index in [1.807, 2.05) is 0 Å². The first-order valence-electron chi connectivity index (χ1n) is 4.33. The molecule has 2 aromatic rings. The smallest absolute Gasteiger partial charge is 0.148 e. The predicted molar refractivity (Wildman–Crippen MR) is 53.1 cm³/mol. The Hall–Kier alpha value is -1.49. The normalized spacial score (nSPS) is 10.6. The Morgan fingerprint density at radius 1 is 1.47 bits per heavy atom. The minimum atomic E-state index is -0.311. The van der Waals surface area contributed by atoms with Gasteiger partial charge in [-0.1, -0.05) is 11.6 Å². The van der Waals surface area contributed by atoms with Crippen molar-refractivity contribution in [1.82, 2.24) is 20.2 Å². The summed E-state index contributed by atoms with van der Waals surface area (Å²) in [6.07, 6.45) is 0. The molecule has 0 aliphatic rings. The van der Waals surface area contributed by atoms with Gasteiger partial charge in [0.2, 0.25) is 0 Å². The molecule has 1 aromatic carbocycles. The second kappa shape index (κ2) is 3.94. The van der Waals surface area contributed by atoms with Gasteiger partial charge in [0.15, 0.2) is 0 Å². The average Bonchev–Trinajstić information content (AvgIpc) is 2.58. The lowest BCUT2D eigenvalue weighted by molar-refractivity contribution is 0.571. The highest BCUT2D eigenvalue weighted by Crippen LogP contribution is 2.15. The highest BCUT2D eigenvalue weighted by atomic mass is 35.5. The lowest BCUT2D eigenvalue weighted by Crippen LogP contribution is -2.05. The molecule has 78 valence electrons. The van der Waals surface area contributed by atoms with Gasteiger partial charge in [0.25, 0.3) is 0 Å². The minimum absolute atomic E-state index is 0.283. The number of aromatic nitrogens is 4. The molecule has 4 nitrogen and oxygen atoms in total. The van der Waals surface area contributed by atoms with Crippen LogP contribution in [0.15, 0.2) is 18.2 Å². The summed E-state index contributed by atoms with van der Waals surface area (Å²) in [6.45, 7) is 2.04. The molecule has 0 N–H and O–H groups in total. The van der Waals surface area contributed by atoms with Crippen LogP contribution in [-0.2, 0) is 6.54 Å². The number of nitrogens with zero attached hydrogens (tertiary/aromatic N) is 4. The van der Waals surface area contributed by atoms with E-state index in [0.29, 0.717) is 16.4 Å². The van der Waals surface area contributed by atoms with Crippen LogP contribution in [0, 0.1) is 12.7 Å². The molecule has 0 atom stereocenters. The topological polar surface area (TPSA) is 43.6 Å². The fourth-order valence-electron chi connectivity index (χ4n) is 1.22. The van der Waals surface area contributed by atoms with Gasteiger partial charge in [-0.2, -0.15) is 0 Å². The SMILES string of the molecule is Cc1nnnn1Cc1cc(Cl)ccc1F. The van der Waals surface area contributed by atoms with Crippen molar-refractivity contribution in [3.63, 3.8) is 0 Å². The van der Waals surface area contributed by atoms with Gasteiger partial charge in [-0.05, 0) is 35.5 Å². The number of hydrogen-bond donors (Lipinski definition) is 0. The van der Waals surface area contributed by atoms with E-state index in [-0.39, 0.29) is 12.4 Å². The van der Waals surface area contributed by atoms with Crippen molar-refractivity contribution in [1.29, 1.82) is 0 Å². The van der Waals surface area contributed by atoms with E-state index >= 15 is 0 Å². The third kappa shape index (κ3) is 2.12. The van der Waals surface area contributed by atoms with Crippen molar-refractivity contribution in [2.45, 2.75) is 13.5 Å². The molecule has 0 radical (unpaired) electrons. The number of rotatable bonds is 2. The molecular weight excluding hydrogens is 219 g/mol. The van der Waals surface area contributed by atoms with E-state index in [9.17, 15) is 4.39 Å². The highest BCUT2D eigenvalue weighted by Gasteiger charge is 2.06. The molecular formula is C9H8ClFN4. The van der Waals surface area contributed by atoms with E-state index in [4.69, 9.17) is 11.6 Å². The Labute approximate surface area is 90.7 Å². The molecule has 0 aliphatic carbocycles. The zero-order valence-corrected chi connectivity index (χ0v) is 8.74. The lowest BCUT2D eigenvalue weighted by atomic mass is 10.2. The quantitative estimate of drug-likeness (QED) is 0.785. The maximum atomic E-state index is 13.4. The fourth-order valence-corrected chi connectivity index (χ4v) is 1.42. The number of tetrazole rings is 1. The van der Waals surface area contributed by atoms with Crippen molar-refractivity contribution in [2.24, 2.45) is 0 Å². The molecule has 1 aromatic heterocycles. The lowest BCUT2D eigenvalue weighted by Gasteiger charge is -2.04. The number of halogens is 2. The first kappa shape index (κ1) is 10.0. The third-order valence-corrected chi connectivity index (χ3v) is 2.27.